The monoisotopic (exact) mass is 249 g/mol. The first kappa shape index (κ1) is 12.0. The fourth-order valence-corrected chi connectivity index (χ4v) is 2.04. The second-order valence-electron chi connectivity index (χ2n) is 2.84. The first-order valence-corrected chi connectivity index (χ1v) is 6.01. The Morgan fingerprint density at radius 1 is 1.80 bits per heavy atom. The zero-order valence-corrected chi connectivity index (χ0v) is 9.60. The van der Waals surface area contributed by atoms with Crippen molar-refractivity contribution < 1.29 is 8.42 Å². The molecule has 0 aromatic carbocycles. The number of nitrogens with two attached hydrogens (primary N) is 1. The standard InChI is InChI=1S/C6H11N5O2S2/c1-4(6(7)14)15(12,13)10-2-5-8-3-9-11-5/h3-4,10H,2H2,1H3,(H2,7,14)(H,8,9,11). The lowest BCUT2D eigenvalue weighted by Crippen LogP contribution is -2.39. The zero-order valence-electron chi connectivity index (χ0n) is 7.97. The second kappa shape index (κ2) is 4.64. The van der Waals surface area contributed by atoms with Crippen molar-refractivity contribution in [2.75, 3.05) is 0 Å². The van der Waals surface area contributed by atoms with Gasteiger partial charge in [-0.1, -0.05) is 12.2 Å². The predicted molar refractivity (Wildman–Crippen MR) is 58.4 cm³/mol. The van der Waals surface area contributed by atoms with Gasteiger partial charge in [-0.25, -0.2) is 18.1 Å². The molecule has 0 saturated heterocycles. The van der Waals surface area contributed by atoms with Crippen LogP contribution >= 0.6 is 12.2 Å². The summed E-state index contributed by atoms with van der Waals surface area (Å²) in [5.74, 6) is 0.425. The Bertz CT molecular complexity index is 426. The fraction of sp³-hybridized carbons (Fsp3) is 0.500. The number of hydrogen-bond acceptors (Lipinski definition) is 5. The molecule has 1 aromatic heterocycles. The van der Waals surface area contributed by atoms with Gasteiger partial charge in [0.1, 0.15) is 17.4 Å². The van der Waals surface area contributed by atoms with Gasteiger partial charge in [0.2, 0.25) is 10.0 Å². The number of aromatic nitrogens is 3. The minimum Gasteiger partial charge on any atom is -0.392 e. The number of sulfonamides is 1. The third-order valence-corrected chi connectivity index (χ3v) is 4.01. The molecule has 1 unspecified atom stereocenters. The van der Waals surface area contributed by atoms with Crippen molar-refractivity contribution in [2.24, 2.45) is 5.73 Å². The van der Waals surface area contributed by atoms with E-state index in [-0.39, 0.29) is 11.5 Å². The molecule has 1 aromatic rings. The van der Waals surface area contributed by atoms with Crippen LogP contribution in [0.1, 0.15) is 12.7 Å². The number of nitrogens with zero attached hydrogens (tertiary/aromatic N) is 2. The number of hydrogen-bond donors (Lipinski definition) is 3. The highest BCUT2D eigenvalue weighted by Crippen LogP contribution is 1.99. The van der Waals surface area contributed by atoms with Gasteiger partial charge in [-0.15, -0.1) is 0 Å². The summed E-state index contributed by atoms with van der Waals surface area (Å²) in [7, 11) is -3.54. The molecule has 0 spiro atoms. The van der Waals surface area contributed by atoms with Crippen LogP contribution in [-0.4, -0.2) is 33.8 Å². The highest BCUT2D eigenvalue weighted by atomic mass is 32.2. The third kappa shape index (κ3) is 3.22. The van der Waals surface area contributed by atoms with Gasteiger partial charge in [0.05, 0.1) is 11.5 Å². The molecular formula is C6H11N5O2S2. The van der Waals surface area contributed by atoms with E-state index in [4.69, 9.17) is 5.73 Å². The van der Waals surface area contributed by atoms with Crippen LogP contribution in [0.3, 0.4) is 0 Å². The van der Waals surface area contributed by atoms with E-state index in [1.54, 1.807) is 0 Å². The average molecular weight is 249 g/mol. The van der Waals surface area contributed by atoms with Crippen LogP contribution in [0.25, 0.3) is 0 Å². The maximum Gasteiger partial charge on any atom is 0.221 e. The molecule has 1 rings (SSSR count). The maximum atomic E-state index is 11.5. The van der Waals surface area contributed by atoms with E-state index in [0.717, 1.165) is 0 Å². The number of aromatic amines is 1. The zero-order chi connectivity index (χ0) is 11.5. The molecule has 0 aliphatic carbocycles. The molecule has 4 N–H and O–H groups in total. The molecule has 7 nitrogen and oxygen atoms in total. The van der Waals surface area contributed by atoms with Gasteiger partial charge in [0, 0.05) is 0 Å². The van der Waals surface area contributed by atoms with Crippen LogP contribution < -0.4 is 10.5 Å². The van der Waals surface area contributed by atoms with Crippen LogP contribution in [0.15, 0.2) is 6.33 Å². The normalized spacial score (nSPS) is 13.7. The fourth-order valence-electron chi connectivity index (χ4n) is 0.763. The molecule has 0 bridgehead atoms. The van der Waals surface area contributed by atoms with E-state index in [1.807, 2.05) is 0 Å². The summed E-state index contributed by atoms with van der Waals surface area (Å²) in [5, 5.41) is 5.20. The molecule has 0 fully saturated rings. The quantitative estimate of drug-likeness (QED) is 0.571. The van der Waals surface area contributed by atoms with Gasteiger partial charge in [0.25, 0.3) is 0 Å². The molecule has 84 valence electrons. The number of thiocarbonyl (C=S) groups is 1. The first-order chi connectivity index (χ1) is 6.93. The second-order valence-corrected chi connectivity index (χ2v) is 5.40. The van der Waals surface area contributed by atoms with Gasteiger partial charge in [-0.3, -0.25) is 5.10 Å². The van der Waals surface area contributed by atoms with Gasteiger partial charge >= 0.3 is 0 Å². The van der Waals surface area contributed by atoms with Crippen molar-refractivity contribution in [1.29, 1.82) is 0 Å². The molecule has 0 radical (unpaired) electrons. The minimum atomic E-state index is -3.54. The van der Waals surface area contributed by atoms with Crippen molar-refractivity contribution in [3.05, 3.63) is 12.2 Å². The van der Waals surface area contributed by atoms with E-state index in [2.05, 4.69) is 32.1 Å². The van der Waals surface area contributed by atoms with Crippen LogP contribution in [0.2, 0.25) is 0 Å². The van der Waals surface area contributed by atoms with Crippen LogP contribution in [0.4, 0.5) is 0 Å². The van der Waals surface area contributed by atoms with Crippen molar-refractivity contribution in [3.8, 4) is 0 Å². The Labute approximate surface area is 92.5 Å². The van der Waals surface area contributed by atoms with Crippen LogP contribution in [0.5, 0.6) is 0 Å². The van der Waals surface area contributed by atoms with Crippen LogP contribution in [-0.2, 0) is 16.6 Å². The summed E-state index contributed by atoms with van der Waals surface area (Å²) in [6.45, 7) is 1.46. The summed E-state index contributed by atoms with van der Waals surface area (Å²) in [6, 6.07) is 0. The molecule has 1 heterocycles. The Morgan fingerprint density at radius 3 is 2.93 bits per heavy atom. The number of nitrogens with one attached hydrogen (secondary N) is 2. The molecule has 1 atom stereocenters. The van der Waals surface area contributed by atoms with Crippen molar-refractivity contribution in [1.82, 2.24) is 19.9 Å². The smallest absolute Gasteiger partial charge is 0.221 e. The Kier molecular flexibility index (Phi) is 3.72. The van der Waals surface area contributed by atoms with Crippen molar-refractivity contribution in [2.45, 2.75) is 18.7 Å². The molecule has 0 aliphatic heterocycles. The Hall–Kier alpha value is -1.06. The van der Waals surface area contributed by atoms with E-state index < -0.39 is 15.3 Å². The largest absolute Gasteiger partial charge is 0.392 e. The Morgan fingerprint density at radius 2 is 2.47 bits per heavy atom. The van der Waals surface area contributed by atoms with Crippen molar-refractivity contribution >= 4 is 27.2 Å². The van der Waals surface area contributed by atoms with Gasteiger partial charge in [-0.2, -0.15) is 5.10 Å². The summed E-state index contributed by atoms with van der Waals surface area (Å²) in [6.07, 6.45) is 1.29. The van der Waals surface area contributed by atoms with Gasteiger partial charge in [-0.05, 0) is 6.92 Å². The predicted octanol–water partition coefficient (Wildman–Crippen LogP) is -1.10. The lowest BCUT2D eigenvalue weighted by Gasteiger charge is -2.11. The third-order valence-electron chi connectivity index (χ3n) is 1.77. The number of rotatable bonds is 5. The minimum absolute atomic E-state index is 0.0370. The molecule has 0 aliphatic rings. The molecule has 9 heteroatoms. The summed E-state index contributed by atoms with van der Waals surface area (Å²) < 4.78 is 25.4. The summed E-state index contributed by atoms with van der Waals surface area (Å²) in [5.41, 5.74) is 5.25. The van der Waals surface area contributed by atoms with Gasteiger partial charge < -0.3 is 5.73 Å². The van der Waals surface area contributed by atoms with E-state index in [9.17, 15) is 8.42 Å². The topological polar surface area (TPSA) is 114 Å². The average Bonchev–Trinajstić information content (AvgIpc) is 2.66. The molecule has 0 amide bonds. The highest BCUT2D eigenvalue weighted by molar-refractivity contribution is 7.93. The summed E-state index contributed by atoms with van der Waals surface area (Å²) in [4.78, 5) is 3.70. The molecule has 15 heavy (non-hydrogen) atoms. The Balaban J connectivity index is 2.62. The molecule has 0 saturated carbocycles. The highest BCUT2D eigenvalue weighted by Gasteiger charge is 2.22. The van der Waals surface area contributed by atoms with Crippen LogP contribution in [0, 0.1) is 0 Å². The summed E-state index contributed by atoms with van der Waals surface area (Å²) >= 11 is 4.60. The van der Waals surface area contributed by atoms with E-state index in [1.165, 1.54) is 13.3 Å². The van der Waals surface area contributed by atoms with E-state index >= 15 is 0 Å². The van der Waals surface area contributed by atoms with E-state index in [0.29, 0.717) is 5.82 Å². The first-order valence-electron chi connectivity index (χ1n) is 4.05. The number of H-pyrrole nitrogens is 1. The van der Waals surface area contributed by atoms with Crippen molar-refractivity contribution in [3.63, 3.8) is 0 Å². The lowest BCUT2D eigenvalue weighted by atomic mass is 10.5. The maximum absolute atomic E-state index is 11.5. The lowest BCUT2D eigenvalue weighted by molar-refractivity contribution is 0.576. The SMILES string of the molecule is CC(C(N)=S)S(=O)(=O)NCc1ncn[nH]1. The molecular weight excluding hydrogens is 238 g/mol. The van der Waals surface area contributed by atoms with Gasteiger partial charge in [0.15, 0.2) is 0 Å².